The average molecular weight is 781 g/mol. The monoisotopic (exact) mass is 780 g/mol. The molecule has 6 heteroatoms. The van der Waals surface area contributed by atoms with Crippen LogP contribution in [0, 0.1) is 0 Å². The van der Waals surface area contributed by atoms with Crippen molar-refractivity contribution in [1.29, 1.82) is 0 Å². The van der Waals surface area contributed by atoms with Crippen LogP contribution in [-0.2, 0) is 10.8 Å². The Morgan fingerprint density at radius 1 is 0.467 bits per heavy atom. The number of benzene rings is 7. The minimum Gasteiger partial charge on any atom is -0.457 e. The van der Waals surface area contributed by atoms with Crippen molar-refractivity contribution in [2.45, 2.75) is 38.5 Å². The summed E-state index contributed by atoms with van der Waals surface area (Å²) in [7, 11) is 0. The summed E-state index contributed by atoms with van der Waals surface area (Å²) < 4.78 is 16.4. The summed E-state index contributed by atoms with van der Waals surface area (Å²) in [5.41, 5.74) is 10.1. The number of fused-ring (bicyclic) bond motifs is 5. The van der Waals surface area contributed by atoms with Gasteiger partial charge in [0.15, 0.2) is 5.75 Å². The van der Waals surface area contributed by atoms with Gasteiger partial charge in [-0.3, -0.25) is 4.57 Å². The van der Waals surface area contributed by atoms with Crippen molar-refractivity contribution >= 4 is 44.6 Å². The van der Waals surface area contributed by atoms with E-state index in [9.17, 15) is 0 Å². The largest absolute Gasteiger partial charge is 0.457 e. The average Bonchev–Trinajstić information content (AvgIpc) is 3.83. The van der Waals surface area contributed by atoms with Crippen LogP contribution >= 0.6 is 0 Å². The highest BCUT2D eigenvalue weighted by Crippen LogP contribution is 2.50. The summed E-state index contributed by atoms with van der Waals surface area (Å²) in [5.74, 6) is 3.77. The van der Waals surface area contributed by atoms with Gasteiger partial charge in [-0.25, -0.2) is 4.98 Å². The smallest absolute Gasteiger partial charge is 0.151 e. The van der Waals surface area contributed by atoms with E-state index < -0.39 is 5.41 Å². The maximum Gasteiger partial charge on any atom is 0.151 e. The molecule has 2 aromatic heterocycles. The molecule has 7 aromatic carbocycles. The highest BCUT2D eigenvalue weighted by atomic mass is 16.5. The molecular weight excluding hydrogens is 737 g/mol. The Morgan fingerprint density at radius 2 is 1.10 bits per heavy atom. The topological polar surface area (TPSA) is 42.8 Å². The first-order valence-electron chi connectivity index (χ1n) is 20.6. The maximum atomic E-state index is 7.15. The fraction of sp³-hybridized carbons (Fsp3) is 0.130. The number of ether oxygens (including phenoxy) is 2. The number of rotatable bonds is 4. The summed E-state index contributed by atoms with van der Waals surface area (Å²) in [5, 5.41) is 2.27. The van der Waals surface area contributed by atoms with Crippen molar-refractivity contribution in [2.24, 2.45) is 0 Å². The highest BCUT2D eigenvalue weighted by molar-refractivity contribution is 6.09. The van der Waals surface area contributed by atoms with Gasteiger partial charge in [0.25, 0.3) is 0 Å². The van der Waals surface area contributed by atoms with Crippen LogP contribution in [0.3, 0.4) is 0 Å². The molecule has 60 heavy (non-hydrogen) atoms. The van der Waals surface area contributed by atoms with Crippen LogP contribution in [-0.4, -0.2) is 16.2 Å². The van der Waals surface area contributed by atoms with E-state index >= 15 is 0 Å². The molecule has 12 rings (SSSR count). The molecule has 0 unspecified atom stereocenters. The van der Waals surface area contributed by atoms with E-state index in [0.717, 1.165) is 78.7 Å². The van der Waals surface area contributed by atoms with Gasteiger partial charge in [0.05, 0.1) is 34.3 Å². The summed E-state index contributed by atoms with van der Waals surface area (Å²) in [4.78, 5) is 9.94. The van der Waals surface area contributed by atoms with Crippen LogP contribution in [0.25, 0.3) is 27.6 Å². The van der Waals surface area contributed by atoms with E-state index in [1.54, 1.807) is 0 Å². The van der Waals surface area contributed by atoms with E-state index in [0.29, 0.717) is 12.4 Å². The van der Waals surface area contributed by atoms with E-state index in [1.807, 2.05) is 12.3 Å². The van der Waals surface area contributed by atoms with E-state index in [1.165, 1.54) is 11.1 Å². The number of anilines is 4. The molecule has 8 bridgehead atoms. The van der Waals surface area contributed by atoms with Crippen molar-refractivity contribution in [3.63, 3.8) is 0 Å². The molecule has 292 valence electrons. The molecule has 0 fully saturated rings. The zero-order valence-electron chi connectivity index (χ0n) is 34.1. The van der Waals surface area contributed by atoms with Gasteiger partial charge in [-0.05, 0) is 77.4 Å². The van der Waals surface area contributed by atoms with Crippen LogP contribution < -0.4 is 19.3 Å². The van der Waals surface area contributed by atoms with Gasteiger partial charge < -0.3 is 19.3 Å². The Labute approximate surface area is 350 Å². The Balaban J connectivity index is 1.19. The molecule has 6 nitrogen and oxygen atoms in total. The van der Waals surface area contributed by atoms with Gasteiger partial charge in [0, 0.05) is 45.0 Å². The number of hydrogen-bond donors (Lipinski definition) is 0. The Kier molecular flexibility index (Phi) is 8.14. The molecule has 3 aliphatic heterocycles. The predicted molar refractivity (Wildman–Crippen MR) is 244 cm³/mol. The molecule has 0 radical (unpaired) electrons. The van der Waals surface area contributed by atoms with Gasteiger partial charge in [0.1, 0.15) is 29.7 Å². The Hall–Kier alpha value is -7.31. The molecule has 0 aliphatic carbocycles. The lowest BCUT2D eigenvalue weighted by Crippen LogP contribution is -2.25. The molecule has 3 aliphatic rings. The standard InChI is InChI=1S/C54H44N4O2/c1-53(2,36-17-7-5-8-18-36)38-29-39-31-41(30-38)59-40-27-28-43-42-21-11-12-22-45(42)58(49(43)32-40)52-33-44(54(3,4)37-19-9-6-10-20-37)51(34-55-52)60-50-26-16-15-25-48(50)57-35-56(39)46-23-13-14-24-47(46)57/h5-34H,35H2,1-4H3. The van der Waals surface area contributed by atoms with Crippen molar-refractivity contribution in [3.8, 4) is 28.8 Å². The lowest BCUT2D eigenvalue weighted by molar-refractivity contribution is 0.459. The summed E-state index contributed by atoms with van der Waals surface area (Å²) in [6.45, 7) is 9.67. The van der Waals surface area contributed by atoms with Crippen LogP contribution in [0.2, 0.25) is 0 Å². The number of para-hydroxylation sites is 5. The molecule has 9 aromatic rings. The van der Waals surface area contributed by atoms with Crippen LogP contribution in [0.4, 0.5) is 22.7 Å². The molecule has 0 saturated heterocycles. The number of nitrogens with zero attached hydrogens (tertiary/aromatic N) is 4. The van der Waals surface area contributed by atoms with Gasteiger partial charge >= 0.3 is 0 Å². The van der Waals surface area contributed by atoms with E-state index in [2.05, 4.69) is 212 Å². The summed E-state index contributed by atoms with van der Waals surface area (Å²) in [6, 6.07) is 62.2. The Bertz CT molecular complexity index is 3100. The van der Waals surface area contributed by atoms with Crippen LogP contribution in [0.5, 0.6) is 23.0 Å². The molecule has 0 saturated carbocycles. The van der Waals surface area contributed by atoms with Gasteiger partial charge in [-0.15, -0.1) is 0 Å². The first-order valence-corrected chi connectivity index (χ1v) is 20.6. The zero-order valence-corrected chi connectivity index (χ0v) is 34.1. The second-order valence-electron chi connectivity index (χ2n) is 16.9. The minimum absolute atomic E-state index is 0.315. The summed E-state index contributed by atoms with van der Waals surface area (Å²) in [6.07, 6.45) is 1.90. The predicted octanol–water partition coefficient (Wildman–Crippen LogP) is 14.0. The molecule has 0 spiro atoms. The van der Waals surface area contributed by atoms with Gasteiger partial charge in [0.2, 0.25) is 0 Å². The third kappa shape index (κ3) is 5.74. The quantitative estimate of drug-likeness (QED) is 0.178. The second kappa shape index (κ2) is 13.6. The molecular formula is C54H44N4O2. The number of aromatic nitrogens is 2. The SMILES string of the molecule is CC(C)(c1ccccc1)c1cc2cc(c1)N1CN(c3ccccc3Oc3cnc(cc3C(C)(C)c3ccccc3)-n3c4ccccc4c4ccc(cc43)O2)c2ccccc21. The van der Waals surface area contributed by atoms with Crippen molar-refractivity contribution < 1.29 is 9.47 Å². The van der Waals surface area contributed by atoms with E-state index in [4.69, 9.17) is 14.5 Å². The molecule has 0 amide bonds. The van der Waals surface area contributed by atoms with Crippen molar-refractivity contribution in [2.75, 3.05) is 16.5 Å². The highest BCUT2D eigenvalue weighted by Gasteiger charge is 2.34. The third-order valence-corrected chi connectivity index (χ3v) is 12.7. The number of hydrogen-bond acceptors (Lipinski definition) is 5. The first-order chi connectivity index (χ1) is 29.2. The fourth-order valence-electron chi connectivity index (χ4n) is 9.24. The van der Waals surface area contributed by atoms with Crippen molar-refractivity contribution in [3.05, 3.63) is 204 Å². The van der Waals surface area contributed by atoms with E-state index in [-0.39, 0.29) is 5.41 Å². The van der Waals surface area contributed by atoms with Crippen LogP contribution in [0.15, 0.2) is 182 Å². The second-order valence-corrected chi connectivity index (χ2v) is 16.9. The zero-order chi connectivity index (χ0) is 40.6. The van der Waals surface area contributed by atoms with Gasteiger partial charge in [-0.2, -0.15) is 0 Å². The maximum absolute atomic E-state index is 7.15. The van der Waals surface area contributed by atoms with Crippen LogP contribution in [0.1, 0.15) is 49.9 Å². The lowest BCUT2D eigenvalue weighted by Gasteiger charge is -2.30. The third-order valence-electron chi connectivity index (χ3n) is 12.7. The fourth-order valence-corrected chi connectivity index (χ4v) is 9.24. The molecule has 5 heterocycles. The summed E-state index contributed by atoms with van der Waals surface area (Å²) >= 11 is 0. The molecule has 0 N–H and O–H groups in total. The number of pyridine rings is 1. The Morgan fingerprint density at radius 3 is 1.87 bits per heavy atom. The normalized spacial score (nSPS) is 13.5. The molecule has 0 atom stereocenters. The minimum atomic E-state index is -0.442. The van der Waals surface area contributed by atoms with Gasteiger partial charge in [-0.1, -0.05) is 131 Å². The lowest BCUT2D eigenvalue weighted by atomic mass is 9.78. The van der Waals surface area contributed by atoms with Crippen molar-refractivity contribution in [1.82, 2.24) is 9.55 Å². The first kappa shape index (κ1) is 35.8.